The number of hydrogen-bond donors (Lipinski definition) is 1. The minimum atomic E-state index is -0.302. The third-order valence-corrected chi connectivity index (χ3v) is 4.47. The van der Waals surface area contributed by atoms with Crippen LogP contribution in [-0.2, 0) is 9.53 Å². The molecule has 3 rings (SSSR count). The van der Waals surface area contributed by atoms with Gasteiger partial charge in [-0.05, 0) is 18.4 Å². The van der Waals surface area contributed by atoms with Crippen molar-refractivity contribution in [2.75, 3.05) is 19.6 Å². The van der Waals surface area contributed by atoms with E-state index >= 15 is 0 Å². The molecule has 0 bridgehead atoms. The standard InChI is InChI=1S/C17H22N2O3/c20-16(14-8-4-5-9-14)18-10-11-19-12-15(22-17(19)21)13-6-2-1-3-7-13/h1-3,6-7,14-15H,4-5,8-12H2,(H,18,20). The number of hydrogen-bond acceptors (Lipinski definition) is 3. The van der Waals surface area contributed by atoms with E-state index in [2.05, 4.69) is 5.32 Å². The first-order valence-electron chi connectivity index (χ1n) is 8.02. The highest BCUT2D eigenvalue weighted by atomic mass is 16.6. The molecule has 1 aliphatic heterocycles. The molecule has 5 nitrogen and oxygen atoms in total. The van der Waals surface area contributed by atoms with Crippen molar-refractivity contribution in [3.63, 3.8) is 0 Å². The van der Waals surface area contributed by atoms with Gasteiger partial charge >= 0.3 is 6.09 Å². The van der Waals surface area contributed by atoms with Crippen molar-refractivity contribution in [2.24, 2.45) is 5.92 Å². The fourth-order valence-corrected chi connectivity index (χ4v) is 3.18. The summed E-state index contributed by atoms with van der Waals surface area (Å²) < 4.78 is 5.39. The van der Waals surface area contributed by atoms with Gasteiger partial charge in [0.1, 0.15) is 6.10 Å². The van der Waals surface area contributed by atoms with Crippen LogP contribution in [0.2, 0.25) is 0 Å². The molecule has 2 fully saturated rings. The van der Waals surface area contributed by atoms with Gasteiger partial charge in [0.05, 0.1) is 6.54 Å². The predicted octanol–water partition coefficient (Wildman–Crippen LogP) is 2.49. The van der Waals surface area contributed by atoms with E-state index in [-0.39, 0.29) is 24.0 Å². The maximum atomic E-state index is 11.9. The fourth-order valence-electron chi connectivity index (χ4n) is 3.18. The summed E-state index contributed by atoms with van der Waals surface area (Å²) >= 11 is 0. The number of nitrogens with zero attached hydrogens (tertiary/aromatic N) is 1. The van der Waals surface area contributed by atoms with Gasteiger partial charge in [0, 0.05) is 19.0 Å². The zero-order valence-corrected chi connectivity index (χ0v) is 12.7. The molecule has 5 heteroatoms. The molecule has 1 atom stereocenters. The first-order chi connectivity index (χ1) is 10.7. The minimum absolute atomic E-state index is 0.129. The first-order valence-corrected chi connectivity index (χ1v) is 8.02. The van der Waals surface area contributed by atoms with Crippen molar-refractivity contribution < 1.29 is 14.3 Å². The van der Waals surface area contributed by atoms with E-state index in [1.165, 1.54) is 0 Å². The van der Waals surface area contributed by atoms with Gasteiger partial charge in [0.15, 0.2) is 0 Å². The van der Waals surface area contributed by atoms with Crippen LogP contribution < -0.4 is 5.32 Å². The monoisotopic (exact) mass is 302 g/mol. The molecule has 1 unspecified atom stereocenters. The quantitative estimate of drug-likeness (QED) is 0.909. The first kappa shape index (κ1) is 14.9. The summed E-state index contributed by atoms with van der Waals surface area (Å²) in [6.07, 6.45) is 3.77. The summed E-state index contributed by atoms with van der Waals surface area (Å²) in [5.74, 6) is 0.298. The second-order valence-corrected chi connectivity index (χ2v) is 6.00. The van der Waals surface area contributed by atoms with Crippen LogP contribution in [0.15, 0.2) is 30.3 Å². The van der Waals surface area contributed by atoms with Gasteiger partial charge in [-0.25, -0.2) is 4.79 Å². The summed E-state index contributed by atoms with van der Waals surface area (Å²) in [6, 6.07) is 9.74. The van der Waals surface area contributed by atoms with Crippen LogP contribution in [0.5, 0.6) is 0 Å². The Labute approximate surface area is 130 Å². The van der Waals surface area contributed by atoms with E-state index in [0.29, 0.717) is 19.6 Å². The zero-order chi connectivity index (χ0) is 15.4. The maximum absolute atomic E-state index is 11.9. The van der Waals surface area contributed by atoms with Crippen molar-refractivity contribution in [1.29, 1.82) is 0 Å². The average Bonchev–Trinajstić information content (AvgIpc) is 3.18. The highest BCUT2D eigenvalue weighted by molar-refractivity contribution is 5.79. The Morgan fingerprint density at radius 2 is 1.95 bits per heavy atom. The van der Waals surface area contributed by atoms with Gasteiger partial charge in [-0.3, -0.25) is 4.79 Å². The number of ether oxygens (including phenoxy) is 1. The SMILES string of the molecule is O=C(NCCN1CC(c2ccccc2)OC1=O)C1CCCC1. The lowest BCUT2D eigenvalue weighted by Crippen LogP contribution is -2.37. The van der Waals surface area contributed by atoms with Crippen LogP contribution >= 0.6 is 0 Å². The largest absolute Gasteiger partial charge is 0.439 e. The Bertz CT molecular complexity index is 526. The number of cyclic esters (lactones) is 1. The van der Waals surface area contributed by atoms with Gasteiger partial charge in [-0.1, -0.05) is 43.2 Å². The smallest absolute Gasteiger partial charge is 0.410 e. The Hall–Kier alpha value is -2.04. The van der Waals surface area contributed by atoms with Gasteiger partial charge in [0.2, 0.25) is 5.91 Å². The Kier molecular flexibility index (Phi) is 4.61. The summed E-state index contributed by atoms with van der Waals surface area (Å²) in [6.45, 7) is 1.54. The van der Waals surface area contributed by atoms with E-state index < -0.39 is 0 Å². The topological polar surface area (TPSA) is 58.6 Å². The van der Waals surface area contributed by atoms with Crippen LogP contribution in [0.25, 0.3) is 0 Å². The average molecular weight is 302 g/mol. The molecular weight excluding hydrogens is 280 g/mol. The number of carbonyl (C=O) groups excluding carboxylic acids is 2. The second kappa shape index (κ2) is 6.81. The molecule has 1 saturated heterocycles. The molecule has 2 amide bonds. The molecule has 0 spiro atoms. The maximum Gasteiger partial charge on any atom is 0.410 e. The lowest BCUT2D eigenvalue weighted by molar-refractivity contribution is -0.124. The van der Waals surface area contributed by atoms with Crippen molar-refractivity contribution in [3.8, 4) is 0 Å². The Balaban J connectivity index is 1.45. The van der Waals surface area contributed by atoms with E-state index in [9.17, 15) is 9.59 Å². The molecule has 2 aliphatic rings. The third kappa shape index (κ3) is 3.40. The predicted molar refractivity (Wildman–Crippen MR) is 82.2 cm³/mol. The number of benzene rings is 1. The normalized spacial score (nSPS) is 21.9. The summed E-state index contributed by atoms with van der Waals surface area (Å²) in [4.78, 5) is 25.5. The molecule has 1 aromatic rings. The lowest BCUT2D eigenvalue weighted by atomic mass is 10.1. The molecule has 0 aromatic heterocycles. The van der Waals surface area contributed by atoms with Gasteiger partial charge in [-0.15, -0.1) is 0 Å². The molecular formula is C17H22N2O3. The lowest BCUT2D eigenvalue weighted by Gasteiger charge is -2.15. The van der Waals surface area contributed by atoms with Crippen LogP contribution in [0.4, 0.5) is 4.79 Å². The molecule has 1 aliphatic carbocycles. The van der Waals surface area contributed by atoms with Crippen molar-refractivity contribution in [1.82, 2.24) is 10.2 Å². The highest BCUT2D eigenvalue weighted by Gasteiger charge is 2.32. The van der Waals surface area contributed by atoms with Crippen molar-refractivity contribution in [2.45, 2.75) is 31.8 Å². The number of amides is 2. The van der Waals surface area contributed by atoms with Crippen molar-refractivity contribution >= 4 is 12.0 Å². The molecule has 0 radical (unpaired) electrons. The Morgan fingerprint density at radius 3 is 2.68 bits per heavy atom. The molecule has 118 valence electrons. The number of rotatable bonds is 5. The van der Waals surface area contributed by atoms with Gasteiger partial charge < -0.3 is 15.0 Å². The summed E-state index contributed by atoms with van der Waals surface area (Å²) in [7, 11) is 0. The van der Waals surface area contributed by atoms with Crippen molar-refractivity contribution in [3.05, 3.63) is 35.9 Å². The van der Waals surface area contributed by atoms with Gasteiger partial charge in [0.25, 0.3) is 0 Å². The number of carbonyl (C=O) groups is 2. The fraction of sp³-hybridized carbons (Fsp3) is 0.529. The summed E-state index contributed by atoms with van der Waals surface area (Å²) in [5, 5.41) is 2.94. The Morgan fingerprint density at radius 1 is 1.23 bits per heavy atom. The molecule has 1 heterocycles. The van der Waals surface area contributed by atoms with Crippen LogP contribution in [0, 0.1) is 5.92 Å². The molecule has 1 aromatic carbocycles. The third-order valence-electron chi connectivity index (χ3n) is 4.47. The summed E-state index contributed by atoms with van der Waals surface area (Å²) in [5.41, 5.74) is 1.01. The van der Waals surface area contributed by atoms with Crippen LogP contribution in [0.3, 0.4) is 0 Å². The zero-order valence-electron chi connectivity index (χ0n) is 12.7. The van der Waals surface area contributed by atoms with E-state index in [4.69, 9.17) is 4.74 Å². The molecule has 1 N–H and O–H groups in total. The van der Waals surface area contributed by atoms with Crippen LogP contribution in [0.1, 0.15) is 37.4 Å². The van der Waals surface area contributed by atoms with Gasteiger partial charge in [-0.2, -0.15) is 0 Å². The molecule has 22 heavy (non-hydrogen) atoms. The minimum Gasteiger partial charge on any atom is -0.439 e. The van der Waals surface area contributed by atoms with E-state index in [1.54, 1.807) is 4.90 Å². The van der Waals surface area contributed by atoms with E-state index in [1.807, 2.05) is 30.3 Å². The molecule has 1 saturated carbocycles. The van der Waals surface area contributed by atoms with Crippen LogP contribution in [-0.4, -0.2) is 36.5 Å². The van der Waals surface area contributed by atoms with E-state index in [0.717, 1.165) is 31.2 Å². The number of nitrogens with one attached hydrogen (secondary N) is 1. The second-order valence-electron chi connectivity index (χ2n) is 6.00. The highest BCUT2D eigenvalue weighted by Crippen LogP contribution is 2.26.